The highest BCUT2D eigenvalue weighted by atomic mass is 35.5. The van der Waals surface area contributed by atoms with Gasteiger partial charge in [0, 0.05) is 80.9 Å². The molecule has 10 nitrogen and oxygen atoms in total. The highest BCUT2D eigenvalue weighted by molar-refractivity contribution is 7.89. The first-order chi connectivity index (χ1) is 22.5. The van der Waals surface area contributed by atoms with Crippen molar-refractivity contribution in [1.82, 2.24) is 19.0 Å². The van der Waals surface area contributed by atoms with E-state index in [9.17, 15) is 22.0 Å². The van der Waals surface area contributed by atoms with E-state index in [4.69, 9.17) is 23.2 Å². The van der Waals surface area contributed by atoms with Crippen LogP contribution in [0.4, 0.5) is 0 Å². The number of fused-ring (bicyclic) bond motifs is 5. The Kier molecular flexibility index (Phi) is 8.11. The van der Waals surface area contributed by atoms with Crippen molar-refractivity contribution in [2.45, 2.75) is 22.8 Å². The molecule has 0 saturated carbocycles. The van der Waals surface area contributed by atoms with Gasteiger partial charge in [-0.3, -0.25) is 0 Å². The van der Waals surface area contributed by atoms with E-state index in [0.29, 0.717) is 45.3 Å². The Bertz CT molecular complexity index is 2450. The monoisotopic (exact) mass is 707 g/mol. The van der Waals surface area contributed by atoms with Crippen LogP contribution >= 0.6 is 23.2 Å². The number of nitrogens with zero attached hydrogens (tertiary/aromatic N) is 2. The third kappa shape index (κ3) is 6.04. The summed E-state index contributed by atoms with van der Waals surface area (Å²) >= 11 is 12.1. The molecular formula is C33H27Cl2N5O5S2. The zero-order valence-electron chi connectivity index (χ0n) is 24.5. The molecule has 240 valence electrons. The molecule has 0 atom stereocenters. The largest absolute Gasteiger partial charge is 0.410 e. The van der Waals surface area contributed by atoms with Gasteiger partial charge in [-0.2, -0.15) is 0 Å². The zero-order valence-corrected chi connectivity index (χ0v) is 27.7. The van der Waals surface area contributed by atoms with E-state index in [-0.39, 0.29) is 28.6 Å². The van der Waals surface area contributed by atoms with Crippen molar-refractivity contribution in [3.8, 4) is 11.1 Å². The minimum Gasteiger partial charge on any atom is -0.410 e. The number of aromatic nitrogens is 2. The lowest BCUT2D eigenvalue weighted by Gasteiger charge is -2.10. The Morgan fingerprint density at radius 2 is 1.32 bits per heavy atom. The Morgan fingerprint density at radius 3 is 1.98 bits per heavy atom. The highest BCUT2D eigenvalue weighted by Gasteiger charge is 2.29. The minimum atomic E-state index is -3.93. The summed E-state index contributed by atoms with van der Waals surface area (Å²) in [6, 6.07) is 23.9. The van der Waals surface area contributed by atoms with E-state index in [1.807, 2.05) is 47.2 Å². The summed E-state index contributed by atoms with van der Waals surface area (Å²) in [5, 5.41) is 16.5. The van der Waals surface area contributed by atoms with Crippen LogP contribution in [0.5, 0.6) is 0 Å². The van der Waals surface area contributed by atoms with Crippen molar-refractivity contribution >= 4 is 70.8 Å². The van der Waals surface area contributed by atoms with Crippen LogP contribution in [0.2, 0.25) is 10.0 Å². The number of rotatable bonds is 10. The van der Waals surface area contributed by atoms with Crippen molar-refractivity contribution in [3.05, 3.63) is 118 Å². The van der Waals surface area contributed by atoms with Gasteiger partial charge in [0.2, 0.25) is 20.0 Å². The highest BCUT2D eigenvalue weighted by Crippen LogP contribution is 2.39. The van der Waals surface area contributed by atoms with Crippen LogP contribution in [-0.4, -0.2) is 50.4 Å². The fourth-order valence-electron chi connectivity index (χ4n) is 5.95. The SMILES string of the molecule is O=S(=O)(NCCc1cc2cc(Cl)ccc2[nH]1)c1ccc2c(c1)/C(=N/O)c1cc(S(=O)(=O)NCCn3ccc4cc(Cl)ccc43)ccc1-2. The van der Waals surface area contributed by atoms with Gasteiger partial charge < -0.3 is 14.8 Å². The van der Waals surface area contributed by atoms with E-state index in [0.717, 1.165) is 27.5 Å². The van der Waals surface area contributed by atoms with Crippen molar-refractivity contribution in [2.75, 3.05) is 13.1 Å². The van der Waals surface area contributed by atoms with Gasteiger partial charge in [0.15, 0.2) is 0 Å². The molecule has 2 aromatic heterocycles. The Morgan fingerprint density at radius 1 is 0.702 bits per heavy atom. The summed E-state index contributed by atoms with van der Waals surface area (Å²) < 4.78 is 60.2. The molecule has 47 heavy (non-hydrogen) atoms. The summed E-state index contributed by atoms with van der Waals surface area (Å²) in [6.07, 6.45) is 2.30. The Balaban J connectivity index is 1.05. The molecule has 7 rings (SSSR count). The normalized spacial score (nSPS) is 13.9. The summed E-state index contributed by atoms with van der Waals surface area (Å²) in [7, 11) is -7.85. The topological polar surface area (TPSA) is 146 Å². The van der Waals surface area contributed by atoms with Crippen LogP contribution in [0, 0.1) is 0 Å². The number of halogens is 2. The van der Waals surface area contributed by atoms with E-state index in [1.165, 1.54) is 24.3 Å². The predicted octanol–water partition coefficient (Wildman–Crippen LogP) is 6.14. The zero-order chi connectivity index (χ0) is 32.9. The van der Waals surface area contributed by atoms with Crippen molar-refractivity contribution in [2.24, 2.45) is 5.16 Å². The molecule has 2 heterocycles. The summed E-state index contributed by atoms with van der Waals surface area (Å²) in [4.78, 5) is 3.24. The number of benzene rings is 4. The molecule has 1 aliphatic carbocycles. The molecular weight excluding hydrogens is 681 g/mol. The maximum Gasteiger partial charge on any atom is 0.240 e. The first-order valence-electron chi connectivity index (χ1n) is 14.5. The summed E-state index contributed by atoms with van der Waals surface area (Å²) in [5.41, 5.74) is 4.78. The molecule has 0 bridgehead atoms. The number of sulfonamides is 2. The third-order valence-corrected chi connectivity index (χ3v) is 11.6. The molecule has 4 N–H and O–H groups in total. The number of oxime groups is 1. The number of hydrogen-bond donors (Lipinski definition) is 4. The maximum absolute atomic E-state index is 13.3. The predicted molar refractivity (Wildman–Crippen MR) is 184 cm³/mol. The van der Waals surface area contributed by atoms with Crippen LogP contribution in [0.15, 0.2) is 106 Å². The number of aromatic amines is 1. The molecule has 0 aliphatic heterocycles. The lowest BCUT2D eigenvalue weighted by atomic mass is 10.1. The molecule has 14 heteroatoms. The quantitative estimate of drug-likeness (QED) is 0.0998. The van der Waals surface area contributed by atoms with Crippen LogP contribution in [-0.2, 0) is 33.0 Å². The molecule has 0 saturated heterocycles. The molecule has 0 spiro atoms. The molecule has 0 radical (unpaired) electrons. The second-order valence-electron chi connectivity index (χ2n) is 11.1. The summed E-state index contributed by atoms with van der Waals surface area (Å²) in [5.74, 6) is 0. The minimum absolute atomic E-state index is 0.0110. The van der Waals surface area contributed by atoms with Crippen molar-refractivity contribution < 1.29 is 22.0 Å². The molecule has 4 aromatic carbocycles. The number of nitrogens with one attached hydrogen (secondary N) is 3. The smallest absolute Gasteiger partial charge is 0.240 e. The van der Waals surface area contributed by atoms with Gasteiger partial charge in [0.25, 0.3) is 0 Å². The van der Waals surface area contributed by atoms with Gasteiger partial charge in [0.1, 0.15) is 5.71 Å². The maximum atomic E-state index is 13.3. The van der Waals surface area contributed by atoms with Gasteiger partial charge in [-0.1, -0.05) is 40.5 Å². The van der Waals surface area contributed by atoms with Crippen molar-refractivity contribution in [1.29, 1.82) is 0 Å². The first-order valence-corrected chi connectivity index (χ1v) is 18.3. The Hall–Kier alpha value is -4.17. The van der Waals surface area contributed by atoms with Gasteiger partial charge >= 0.3 is 0 Å². The fraction of sp³-hybridized carbons (Fsp3) is 0.121. The molecule has 1 aliphatic rings. The average molecular weight is 709 g/mol. The van der Waals surface area contributed by atoms with Crippen LogP contribution in [0.3, 0.4) is 0 Å². The molecule has 6 aromatic rings. The van der Waals surface area contributed by atoms with Gasteiger partial charge in [0.05, 0.1) is 9.79 Å². The van der Waals surface area contributed by atoms with Gasteiger partial charge in [-0.25, -0.2) is 26.3 Å². The summed E-state index contributed by atoms with van der Waals surface area (Å²) in [6.45, 7) is 0.673. The van der Waals surface area contributed by atoms with E-state index in [2.05, 4.69) is 19.6 Å². The lowest BCUT2D eigenvalue weighted by Crippen LogP contribution is -2.27. The standard InChI is InChI=1S/C33H27Cl2N5O5S2/c34-22-1-7-31-21(16-22)17-24(38-31)9-11-36-46(42,43)25-3-5-27-28-6-4-26(19-30(28)33(39-41)29(27)18-25)47(44,45)37-12-14-40-13-10-20-15-23(35)2-8-32(20)40/h1-8,10,13,15-19,36-38,41H,9,11-12,14H2/b39-33-. The molecule has 0 unspecified atom stereocenters. The van der Waals surface area contributed by atoms with E-state index in [1.54, 1.807) is 24.3 Å². The van der Waals surface area contributed by atoms with E-state index >= 15 is 0 Å². The molecule has 0 amide bonds. The van der Waals surface area contributed by atoms with E-state index < -0.39 is 20.0 Å². The number of H-pyrrole nitrogens is 1. The Labute approximate surface area is 280 Å². The molecule has 0 fully saturated rings. The average Bonchev–Trinajstić information content (AvgIpc) is 3.72. The fourth-order valence-corrected chi connectivity index (χ4v) is 8.41. The van der Waals surface area contributed by atoms with Crippen molar-refractivity contribution in [3.63, 3.8) is 0 Å². The van der Waals surface area contributed by atoms with Gasteiger partial charge in [-0.05, 0) is 83.9 Å². The third-order valence-electron chi connectivity index (χ3n) is 8.21. The number of hydrogen-bond acceptors (Lipinski definition) is 6. The second-order valence-corrected chi connectivity index (χ2v) is 15.6. The first kappa shape index (κ1) is 31.4. The second kappa shape index (κ2) is 12.1. The van der Waals surface area contributed by atoms with Gasteiger partial charge in [-0.15, -0.1) is 0 Å². The lowest BCUT2D eigenvalue weighted by molar-refractivity contribution is 0.320. The van der Waals surface area contributed by atoms with Crippen LogP contribution in [0.25, 0.3) is 32.9 Å². The van der Waals surface area contributed by atoms with Crippen LogP contribution in [0.1, 0.15) is 16.8 Å². The van der Waals surface area contributed by atoms with Crippen LogP contribution < -0.4 is 9.44 Å².